The topological polar surface area (TPSA) is 6.48 Å². The van der Waals surface area contributed by atoms with Crippen LogP contribution in [0.1, 0.15) is 20.8 Å². The van der Waals surface area contributed by atoms with Crippen LogP contribution in [0.5, 0.6) is 0 Å². The van der Waals surface area contributed by atoms with E-state index in [1.54, 1.807) is 0 Å². The highest BCUT2D eigenvalue weighted by Gasteiger charge is 2.25. The zero-order chi connectivity index (χ0) is 8.43. The first-order valence-corrected chi connectivity index (χ1v) is 4.59. The third kappa shape index (κ3) is 1.94. The average Bonchev–Trinajstić information content (AvgIpc) is 1.85. The molecular weight excluding hydrogens is 136 g/mol. The predicted octanol–water partition coefficient (Wildman–Crippen LogP) is 1.03. The summed E-state index contributed by atoms with van der Waals surface area (Å²) in [4.78, 5) is 4.99. The Morgan fingerprint density at radius 2 is 1.64 bits per heavy atom. The standard InChI is InChI=1S/C9H20N2/c1-5-11-8(2)6-10(4)7-9(11)3/h8-9H,5-7H2,1-4H3/t8-,9-/m1/s1. The Hall–Kier alpha value is -0.0800. The molecule has 0 N–H and O–H groups in total. The molecule has 0 amide bonds. The second kappa shape index (κ2) is 3.55. The van der Waals surface area contributed by atoms with Crippen LogP contribution in [-0.4, -0.2) is 48.6 Å². The lowest BCUT2D eigenvalue weighted by Gasteiger charge is -2.42. The molecule has 0 bridgehead atoms. The summed E-state index contributed by atoms with van der Waals surface area (Å²) in [5.74, 6) is 0. The molecule has 1 aliphatic rings. The quantitative estimate of drug-likeness (QED) is 0.559. The second-order valence-corrected chi connectivity index (χ2v) is 3.75. The molecule has 1 heterocycles. The lowest BCUT2D eigenvalue weighted by atomic mass is 10.1. The molecule has 1 rings (SSSR count). The van der Waals surface area contributed by atoms with Gasteiger partial charge in [0.05, 0.1) is 0 Å². The van der Waals surface area contributed by atoms with E-state index < -0.39 is 0 Å². The largest absolute Gasteiger partial charge is 0.303 e. The summed E-state index contributed by atoms with van der Waals surface area (Å²) >= 11 is 0. The Bertz CT molecular complexity index is 113. The predicted molar refractivity (Wildman–Crippen MR) is 48.8 cm³/mol. The molecule has 0 aromatic rings. The van der Waals surface area contributed by atoms with Gasteiger partial charge in [0, 0.05) is 25.2 Å². The number of piperazine rings is 1. The van der Waals surface area contributed by atoms with E-state index in [4.69, 9.17) is 0 Å². The molecule has 2 heteroatoms. The molecule has 0 radical (unpaired) electrons. The van der Waals surface area contributed by atoms with Crippen LogP contribution >= 0.6 is 0 Å². The molecule has 0 aliphatic carbocycles. The fraction of sp³-hybridized carbons (Fsp3) is 1.00. The van der Waals surface area contributed by atoms with Gasteiger partial charge >= 0.3 is 0 Å². The molecule has 11 heavy (non-hydrogen) atoms. The average molecular weight is 156 g/mol. The van der Waals surface area contributed by atoms with Crippen molar-refractivity contribution < 1.29 is 0 Å². The van der Waals surface area contributed by atoms with E-state index in [9.17, 15) is 0 Å². The monoisotopic (exact) mass is 156 g/mol. The Balaban J connectivity index is 2.52. The number of hydrogen-bond acceptors (Lipinski definition) is 2. The molecule has 2 nitrogen and oxygen atoms in total. The minimum absolute atomic E-state index is 0.730. The van der Waals surface area contributed by atoms with Gasteiger partial charge < -0.3 is 4.90 Å². The van der Waals surface area contributed by atoms with Crippen molar-refractivity contribution in [2.24, 2.45) is 0 Å². The van der Waals surface area contributed by atoms with Gasteiger partial charge in [-0.3, -0.25) is 4.90 Å². The molecule has 0 spiro atoms. The first-order chi connectivity index (χ1) is 5.15. The summed E-state index contributed by atoms with van der Waals surface area (Å²) in [5, 5.41) is 0. The van der Waals surface area contributed by atoms with Gasteiger partial charge in [0.2, 0.25) is 0 Å². The summed E-state index contributed by atoms with van der Waals surface area (Å²) in [6.07, 6.45) is 0. The second-order valence-electron chi connectivity index (χ2n) is 3.75. The normalized spacial score (nSPS) is 36.0. The first kappa shape index (κ1) is 9.01. The zero-order valence-corrected chi connectivity index (χ0v) is 8.17. The lowest BCUT2D eigenvalue weighted by molar-refractivity contribution is 0.0573. The smallest absolute Gasteiger partial charge is 0.0198 e. The van der Waals surface area contributed by atoms with Crippen LogP contribution in [0.25, 0.3) is 0 Å². The van der Waals surface area contributed by atoms with Crippen molar-refractivity contribution in [2.45, 2.75) is 32.9 Å². The third-order valence-electron chi connectivity index (χ3n) is 2.65. The number of likely N-dealkylation sites (N-methyl/N-ethyl adjacent to an activating group) is 2. The van der Waals surface area contributed by atoms with Crippen LogP contribution in [0.4, 0.5) is 0 Å². The Kier molecular flexibility index (Phi) is 2.90. The summed E-state index contributed by atoms with van der Waals surface area (Å²) < 4.78 is 0. The Morgan fingerprint density at radius 1 is 1.18 bits per heavy atom. The van der Waals surface area contributed by atoms with E-state index in [0.717, 1.165) is 12.1 Å². The SMILES string of the molecule is CCN1[C@H](C)CN(C)C[C@H]1C. The van der Waals surface area contributed by atoms with Crippen LogP contribution in [0.3, 0.4) is 0 Å². The molecule has 1 fully saturated rings. The van der Waals surface area contributed by atoms with Crippen molar-refractivity contribution in [3.05, 3.63) is 0 Å². The highest BCUT2D eigenvalue weighted by Crippen LogP contribution is 2.12. The van der Waals surface area contributed by atoms with Gasteiger partial charge in [0.25, 0.3) is 0 Å². The van der Waals surface area contributed by atoms with Crippen molar-refractivity contribution in [1.29, 1.82) is 0 Å². The maximum Gasteiger partial charge on any atom is 0.0198 e. The van der Waals surface area contributed by atoms with Gasteiger partial charge in [0.1, 0.15) is 0 Å². The molecule has 0 aromatic heterocycles. The minimum atomic E-state index is 0.730. The summed E-state index contributed by atoms with van der Waals surface area (Å²) in [6, 6.07) is 1.46. The van der Waals surface area contributed by atoms with Gasteiger partial charge in [-0.2, -0.15) is 0 Å². The summed E-state index contributed by atoms with van der Waals surface area (Å²) in [7, 11) is 2.21. The van der Waals surface area contributed by atoms with E-state index in [-0.39, 0.29) is 0 Å². The molecule has 66 valence electrons. The first-order valence-electron chi connectivity index (χ1n) is 4.59. The highest BCUT2D eigenvalue weighted by atomic mass is 15.3. The van der Waals surface area contributed by atoms with E-state index in [2.05, 4.69) is 37.6 Å². The van der Waals surface area contributed by atoms with Crippen molar-refractivity contribution >= 4 is 0 Å². The van der Waals surface area contributed by atoms with Crippen LogP contribution < -0.4 is 0 Å². The molecule has 1 aliphatic heterocycles. The van der Waals surface area contributed by atoms with Crippen LogP contribution in [0, 0.1) is 0 Å². The maximum absolute atomic E-state index is 2.57. The van der Waals surface area contributed by atoms with Crippen LogP contribution in [0.15, 0.2) is 0 Å². The van der Waals surface area contributed by atoms with Gasteiger partial charge in [-0.05, 0) is 27.4 Å². The minimum Gasteiger partial charge on any atom is -0.303 e. The van der Waals surface area contributed by atoms with Crippen molar-refractivity contribution in [2.75, 3.05) is 26.7 Å². The van der Waals surface area contributed by atoms with E-state index in [0.29, 0.717) is 0 Å². The zero-order valence-electron chi connectivity index (χ0n) is 8.17. The molecule has 0 aromatic carbocycles. The van der Waals surface area contributed by atoms with Gasteiger partial charge in [-0.15, -0.1) is 0 Å². The number of nitrogens with zero attached hydrogens (tertiary/aromatic N) is 2. The Labute approximate surface area is 70.2 Å². The number of rotatable bonds is 1. The van der Waals surface area contributed by atoms with Crippen molar-refractivity contribution in [3.63, 3.8) is 0 Å². The molecule has 0 saturated carbocycles. The van der Waals surface area contributed by atoms with E-state index in [1.165, 1.54) is 19.6 Å². The van der Waals surface area contributed by atoms with E-state index >= 15 is 0 Å². The summed E-state index contributed by atoms with van der Waals surface area (Å²) in [5.41, 5.74) is 0. The van der Waals surface area contributed by atoms with Gasteiger partial charge in [0.15, 0.2) is 0 Å². The van der Waals surface area contributed by atoms with Crippen LogP contribution in [-0.2, 0) is 0 Å². The molecule has 0 unspecified atom stereocenters. The Morgan fingerprint density at radius 3 is 2.00 bits per heavy atom. The summed E-state index contributed by atoms with van der Waals surface area (Å²) in [6.45, 7) is 10.5. The van der Waals surface area contributed by atoms with Crippen molar-refractivity contribution in [1.82, 2.24) is 9.80 Å². The fourth-order valence-electron chi connectivity index (χ4n) is 2.24. The number of hydrogen-bond donors (Lipinski definition) is 0. The molecule has 2 atom stereocenters. The van der Waals surface area contributed by atoms with Crippen LogP contribution in [0.2, 0.25) is 0 Å². The lowest BCUT2D eigenvalue weighted by Crippen LogP contribution is -2.55. The van der Waals surface area contributed by atoms with E-state index in [1.807, 2.05) is 0 Å². The highest BCUT2D eigenvalue weighted by molar-refractivity contribution is 4.82. The van der Waals surface area contributed by atoms with Gasteiger partial charge in [-0.25, -0.2) is 0 Å². The molecule has 1 saturated heterocycles. The molecular formula is C9H20N2. The van der Waals surface area contributed by atoms with Crippen molar-refractivity contribution in [3.8, 4) is 0 Å². The van der Waals surface area contributed by atoms with Gasteiger partial charge in [-0.1, -0.05) is 6.92 Å². The fourth-order valence-corrected chi connectivity index (χ4v) is 2.24. The maximum atomic E-state index is 2.57. The third-order valence-corrected chi connectivity index (χ3v) is 2.65.